The maximum Gasteiger partial charge on any atom is 0.340 e. The van der Waals surface area contributed by atoms with Crippen LogP contribution in [0.3, 0.4) is 0 Å². The standard InChI is InChI=1S/C21H23ClN2O3/c1-27-21(26)18-13-17(24-10-3-2-4-11-24)8-9-19(18)23-20(25)16-7-5-6-15(12-16)14-22/h5-9,12-13H,2-4,10-11,14H2,1H3,(H,23,25). The summed E-state index contributed by atoms with van der Waals surface area (Å²) < 4.78 is 4.92. The van der Waals surface area contributed by atoms with Gasteiger partial charge in [0.1, 0.15) is 0 Å². The van der Waals surface area contributed by atoms with Gasteiger partial charge in [-0.05, 0) is 55.2 Å². The second kappa shape index (κ2) is 8.91. The van der Waals surface area contributed by atoms with Crippen LogP contribution in [-0.4, -0.2) is 32.1 Å². The van der Waals surface area contributed by atoms with Gasteiger partial charge in [-0.2, -0.15) is 0 Å². The van der Waals surface area contributed by atoms with Crippen molar-refractivity contribution in [1.29, 1.82) is 0 Å². The predicted molar refractivity (Wildman–Crippen MR) is 108 cm³/mol. The van der Waals surface area contributed by atoms with Crippen molar-refractivity contribution < 1.29 is 14.3 Å². The highest BCUT2D eigenvalue weighted by atomic mass is 35.5. The molecule has 0 aliphatic carbocycles. The highest BCUT2D eigenvalue weighted by Crippen LogP contribution is 2.27. The van der Waals surface area contributed by atoms with Gasteiger partial charge in [-0.1, -0.05) is 12.1 Å². The highest BCUT2D eigenvalue weighted by Gasteiger charge is 2.19. The second-order valence-electron chi connectivity index (χ2n) is 6.56. The lowest BCUT2D eigenvalue weighted by atomic mass is 10.1. The summed E-state index contributed by atoms with van der Waals surface area (Å²) in [7, 11) is 1.34. The van der Waals surface area contributed by atoms with Crippen LogP contribution in [0.5, 0.6) is 0 Å². The Morgan fingerprint density at radius 3 is 2.59 bits per heavy atom. The number of rotatable bonds is 5. The van der Waals surface area contributed by atoms with Crippen LogP contribution >= 0.6 is 11.6 Å². The Kier molecular flexibility index (Phi) is 6.35. The first kappa shape index (κ1) is 19.2. The highest BCUT2D eigenvalue weighted by molar-refractivity contribution is 6.17. The lowest BCUT2D eigenvalue weighted by Gasteiger charge is -2.29. The molecule has 1 aliphatic heterocycles. The number of hydrogen-bond acceptors (Lipinski definition) is 4. The van der Waals surface area contributed by atoms with E-state index in [-0.39, 0.29) is 5.91 Å². The first-order valence-corrected chi connectivity index (χ1v) is 9.59. The number of hydrogen-bond donors (Lipinski definition) is 1. The van der Waals surface area contributed by atoms with Crippen LogP contribution < -0.4 is 10.2 Å². The molecule has 1 aliphatic rings. The molecule has 2 aromatic rings. The van der Waals surface area contributed by atoms with Gasteiger partial charge in [0.15, 0.2) is 0 Å². The van der Waals surface area contributed by atoms with E-state index in [4.69, 9.17) is 16.3 Å². The molecule has 6 heteroatoms. The van der Waals surface area contributed by atoms with Gasteiger partial charge in [-0.25, -0.2) is 4.79 Å². The summed E-state index contributed by atoms with van der Waals surface area (Å²) >= 11 is 5.84. The van der Waals surface area contributed by atoms with E-state index >= 15 is 0 Å². The first-order valence-electron chi connectivity index (χ1n) is 9.06. The number of esters is 1. The Labute approximate surface area is 164 Å². The van der Waals surface area contributed by atoms with E-state index in [9.17, 15) is 9.59 Å². The van der Waals surface area contributed by atoms with Crippen LogP contribution in [0, 0.1) is 0 Å². The molecule has 1 heterocycles. The Balaban J connectivity index is 1.87. The summed E-state index contributed by atoms with van der Waals surface area (Å²) in [6.07, 6.45) is 3.52. The Bertz CT molecular complexity index is 832. The minimum atomic E-state index is -0.473. The zero-order valence-electron chi connectivity index (χ0n) is 15.3. The number of ether oxygens (including phenoxy) is 1. The van der Waals surface area contributed by atoms with Crippen molar-refractivity contribution in [1.82, 2.24) is 0 Å². The number of benzene rings is 2. The summed E-state index contributed by atoms with van der Waals surface area (Å²) in [5, 5.41) is 2.82. The van der Waals surface area contributed by atoms with E-state index in [1.165, 1.54) is 13.5 Å². The molecule has 0 aromatic heterocycles. The molecular weight excluding hydrogens is 364 g/mol. The second-order valence-corrected chi connectivity index (χ2v) is 6.82. The number of methoxy groups -OCH3 is 1. The van der Waals surface area contributed by atoms with Gasteiger partial charge in [0.05, 0.1) is 18.4 Å². The van der Waals surface area contributed by atoms with Crippen molar-refractivity contribution >= 4 is 34.9 Å². The third-order valence-corrected chi connectivity index (χ3v) is 5.03. The van der Waals surface area contributed by atoms with Crippen molar-refractivity contribution in [3.05, 3.63) is 59.2 Å². The molecule has 1 fully saturated rings. The third-order valence-electron chi connectivity index (χ3n) is 4.72. The Hall–Kier alpha value is -2.53. The molecule has 27 heavy (non-hydrogen) atoms. The lowest BCUT2D eigenvalue weighted by Crippen LogP contribution is -2.29. The van der Waals surface area contributed by atoms with E-state index in [1.54, 1.807) is 30.3 Å². The van der Waals surface area contributed by atoms with Gasteiger partial charge >= 0.3 is 5.97 Å². The van der Waals surface area contributed by atoms with Gasteiger partial charge in [0.2, 0.25) is 0 Å². The number of piperidine rings is 1. The van der Waals surface area contributed by atoms with Gasteiger partial charge in [-0.15, -0.1) is 11.6 Å². The smallest absolute Gasteiger partial charge is 0.340 e. The summed E-state index contributed by atoms with van der Waals surface area (Å²) in [5.74, 6) is -0.435. The average Bonchev–Trinajstić information content (AvgIpc) is 2.74. The van der Waals surface area contributed by atoms with Crippen LogP contribution in [0.2, 0.25) is 0 Å². The number of alkyl halides is 1. The number of nitrogens with one attached hydrogen (secondary N) is 1. The normalized spacial score (nSPS) is 13.9. The molecule has 142 valence electrons. The van der Waals surface area contributed by atoms with Crippen LogP contribution in [0.1, 0.15) is 45.5 Å². The average molecular weight is 387 g/mol. The molecule has 0 saturated carbocycles. The summed E-state index contributed by atoms with van der Waals surface area (Å²) in [6.45, 7) is 1.94. The number of nitrogens with zero attached hydrogens (tertiary/aromatic N) is 1. The topological polar surface area (TPSA) is 58.6 Å². The molecular formula is C21H23ClN2O3. The minimum absolute atomic E-state index is 0.294. The van der Waals surface area contributed by atoms with Gasteiger partial charge in [0.25, 0.3) is 5.91 Å². The molecule has 1 N–H and O–H groups in total. The van der Waals surface area contributed by atoms with Crippen LogP contribution in [0.4, 0.5) is 11.4 Å². The quantitative estimate of drug-likeness (QED) is 0.609. The molecule has 2 aromatic carbocycles. The van der Waals surface area contributed by atoms with E-state index in [2.05, 4.69) is 10.2 Å². The van der Waals surface area contributed by atoms with Crippen molar-refractivity contribution in [2.75, 3.05) is 30.4 Å². The molecule has 1 saturated heterocycles. The SMILES string of the molecule is COC(=O)c1cc(N2CCCCC2)ccc1NC(=O)c1cccc(CCl)c1. The fourth-order valence-corrected chi connectivity index (χ4v) is 3.43. The Morgan fingerprint density at radius 1 is 1.11 bits per heavy atom. The monoisotopic (exact) mass is 386 g/mol. The summed E-state index contributed by atoms with van der Waals surface area (Å²) in [4.78, 5) is 27.1. The van der Waals surface area contributed by atoms with Crippen molar-refractivity contribution in [2.24, 2.45) is 0 Å². The van der Waals surface area contributed by atoms with Crippen LogP contribution in [0.15, 0.2) is 42.5 Å². The van der Waals surface area contributed by atoms with Crippen molar-refractivity contribution in [3.63, 3.8) is 0 Å². The van der Waals surface area contributed by atoms with E-state index in [0.717, 1.165) is 37.2 Å². The molecule has 0 bridgehead atoms. The van der Waals surface area contributed by atoms with Gasteiger partial charge < -0.3 is 15.0 Å². The molecule has 5 nitrogen and oxygen atoms in total. The number of carbonyl (C=O) groups excluding carboxylic acids is 2. The largest absolute Gasteiger partial charge is 0.465 e. The van der Waals surface area contributed by atoms with E-state index < -0.39 is 5.97 Å². The molecule has 1 amide bonds. The zero-order valence-corrected chi connectivity index (χ0v) is 16.1. The van der Waals surface area contributed by atoms with Crippen LogP contribution in [0.25, 0.3) is 0 Å². The zero-order chi connectivity index (χ0) is 19.2. The first-order chi connectivity index (χ1) is 13.1. The molecule has 0 spiro atoms. The van der Waals surface area contributed by atoms with Gasteiger partial charge in [0, 0.05) is 30.2 Å². The maximum absolute atomic E-state index is 12.6. The van der Waals surface area contributed by atoms with E-state index in [1.807, 2.05) is 12.1 Å². The number of anilines is 2. The molecule has 0 radical (unpaired) electrons. The fraction of sp³-hybridized carbons (Fsp3) is 0.333. The summed E-state index contributed by atoms with van der Waals surface area (Å²) in [5.41, 5.74) is 3.10. The van der Waals surface area contributed by atoms with Gasteiger partial charge in [-0.3, -0.25) is 4.79 Å². The number of carbonyl (C=O) groups is 2. The number of halogens is 1. The molecule has 0 atom stereocenters. The van der Waals surface area contributed by atoms with Crippen molar-refractivity contribution in [3.8, 4) is 0 Å². The third kappa shape index (κ3) is 4.61. The predicted octanol–water partition coefficient (Wildman–Crippen LogP) is 4.45. The number of amides is 1. The molecule has 0 unspecified atom stereocenters. The fourth-order valence-electron chi connectivity index (χ4n) is 3.26. The maximum atomic E-state index is 12.6. The summed E-state index contributed by atoms with van der Waals surface area (Å²) in [6, 6.07) is 12.6. The molecule has 3 rings (SSSR count). The van der Waals surface area contributed by atoms with Crippen molar-refractivity contribution in [2.45, 2.75) is 25.1 Å². The van der Waals surface area contributed by atoms with Crippen LogP contribution in [-0.2, 0) is 10.6 Å². The Morgan fingerprint density at radius 2 is 1.89 bits per heavy atom. The minimum Gasteiger partial charge on any atom is -0.465 e. The van der Waals surface area contributed by atoms with E-state index in [0.29, 0.717) is 22.7 Å². The lowest BCUT2D eigenvalue weighted by molar-refractivity contribution is 0.0602.